The van der Waals surface area contributed by atoms with Gasteiger partial charge in [0.05, 0.1) is 55.0 Å². The number of carboxylic acid groups (broad SMARTS) is 1. The number of nitrogens with one attached hydrogen (secondary N) is 1. The number of nitrogens with zero attached hydrogens (tertiary/aromatic N) is 3. The van der Waals surface area contributed by atoms with Crippen LogP contribution in [0.2, 0.25) is 0 Å². The number of ketones is 1. The van der Waals surface area contributed by atoms with Crippen molar-refractivity contribution in [3.8, 4) is 0 Å². The lowest BCUT2D eigenvalue weighted by molar-refractivity contribution is -0.333. The number of amides is 1. The van der Waals surface area contributed by atoms with E-state index >= 15 is 0 Å². The number of carbonyl (C=O) groups is 4. The van der Waals surface area contributed by atoms with Gasteiger partial charge in [-0.25, -0.2) is 9.59 Å². The van der Waals surface area contributed by atoms with Crippen LogP contribution in [0, 0.1) is 36.5 Å². The third-order valence-corrected chi connectivity index (χ3v) is 18.1. The third kappa shape index (κ3) is 16.2. The number of esters is 1. The first kappa shape index (κ1) is 63.7. The van der Waals surface area contributed by atoms with Crippen LogP contribution < -0.4 is 5.32 Å². The van der Waals surface area contributed by atoms with Gasteiger partial charge in [-0.3, -0.25) is 18.8 Å². The average Bonchev–Trinajstić information content (AvgIpc) is 4.11. The highest BCUT2D eigenvalue weighted by Gasteiger charge is 2.54. The molecular weight excluding hydrogens is 1100 g/mol. The number of carbonyl (C=O) groups excluding carboxylic acids is 3. The van der Waals surface area contributed by atoms with Gasteiger partial charge in [0, 0.05) is 48.5 Å². The Morgan fingerprint density at radius 2 is 1.60 bits per heavy atom. The highest BCUT2D eigenvalue weighted by molar-refractivity contribution is 7.86. The highest BCUT2D eigenvalue weighted by Crippen LogP contribution is 2.43. The molecular formula is C60H82N4O18S. The van der Waals surface area contributed by atoms with Crippen molar-refractivity contribution in [3.63, 3.8) is 0 Å². The lowest BCUT2D eigenvalue weighted by Crippen LogP contribution is -2.64. The van der Waals surface area contributed by atoms with Gasteiger partial charge in [-0.2, -0.15) is 8.42 Å². The minimum absolute atomic E-state index is 0.0313. The summed E-state index contributed by atoms with van der Waals surface area (Å²) >= 11 is 0. The van der Waals surface area contributed by atoms with Crippen LogP contribution in [0.4, 0.5) is 5.69 Å². The van der Waals surface area contributed by atoms with Gasteiger partial charge in [0.15, 0.2) is 18.5 Å². The minimum atomic E-state index is -4.58. The van der Waals surface area contributed by atoms with Crippen LogP contribution in [0.3, 0.4) is 0 Å². The normalized spacial score (nSPS) is 29.3. The molecule has 4 aliphatic rings. The van der Waals surface area contributed by atoms with E-state index in [2.05, 4.69) is 15.6 Å². The molecule has 3 aromatic carbocycles. The van der Waals surface area contributed by atoms with Crippen molar-refractivity contribution in [2.75, 3.05) is 18.5 Å². The maximum absolute atomic E-state index is 14.4. The number of rotatable bonds is 26. The monoisotopic (exact) mass is 1180 g/mol. The molecule has 15 atom stereocenters. The Balaban J connectivity index is 0.952. The average molecular weight is 1180 g/mol. The number of aromatic nitrogens is 3. The number of benzene rings is 3. The van der Waals surface area contributed by atoms with Crippen molar-refractivity contribution in [3.05, 3.63) is 83.7 Å². The Morgan fingerprint density at radius 3 is 2.30 bits per heavy atom. The van der Waals surface area contributed by atoms with Crippen molar-refractivity contribution in [2.24, 2.45) is 29.6 Å². The number of aliphatic carboxylic acids is 1. The Bertz CT molecular complexity index is 2920. The number of carboxylic acids is 1. The van der Waals surface area contributed by atoms with Gasteiger partial charge in [0.25, 0.3) is 10.1 Å². The number of anilines is 1. The van der Waals surface area contributed by atoms with Gasteiger partial charge in [-0.15, -0.1) is 5.10 Å². The topological polar surface area (TPSA) is 333 Å². The molecule has 14 unspecified atom stereocenters. The van der Waals surface area contributed by atoms with E-state index in [1.807, 2.05) is 6.92 Å². The fraction of sp³-hybridized carbons (Fsp3) is 0.633. The zero-order valence-electron chi connectivity index (χ0n) is 47.4. The van der Waals surface area contributed by atoms with Crippen molar-refractivity contribution < 1.29 is 86.5 Å². The van der Waals surface area contributed by atoms with Gasteiger partial charge in [-0.05, 0) is 111 Å². The zero-order valence-corrected chi connectivity index (χ0v) is 48.2. The molecule has 0 spiro atoms. The number of aliphatic hydroxyl groups excluding tert-OH is 5. The van der Waals surface area contributed by atoms with Crippen LogP contribution in [0.1, 0.15) is 132 Å². The standard InChI is InChI=1S/C60H82N4O18S/c1-4-37-29-40(44(67)22-12-11-20-41-31-64(63-62-41)24-14-23-50(68)61-43-21-13-19-39-25-34(2)26-49(51(39)43)83(75,76)77)30-46(55(37)78-45-27-35(3)52(69)42(32-65)53(45)70)80-60-57(82-59(74)38-17-9-6-10-18-38)56(54(71)48(33-66)81-60)79-47(58(72)73)28-36-15-7-5-8-16-36/h6,9-10,13,17-19,21,25-26,31,35-37,40,42,45-48,52-57,60,65-66,69-71H,4-5,7-8,11-12,14-16,20,22-24,27-30,32-33H2,1-3H3,(H,61,68)(H,72,73)(H,75,76,77)/t35?,37?,40?,42?,45?,46?,47-,48?,52?,53?,54?,55?,56?,57?,60?/m0/s1. The molecule has 23 heteroatoms. The van der Waals surface area contributed by atoms with Gasteiger partial charge >= 0.3 is 11.9 Å². The number of Topliss-reactive ketones (excluding diaryl/α,β-unsaturated/α-hetero) is 1. The Kier molecular flexibility index (Phi) is 22.4. The fourth-order valence-electron chi connectivity index (χ4n) is 12.7. The van der Waals surface area contributed by atoms with Gasteiger partial charge < -0.3 is 59.6 Å². The molecule has 2 heterocycles. The molecule has 8 rings (SSSR count). The van der Waals surface area contributed by atoms with Crippen LogP contribution in [0.25, 0.3) is 10.8 Å². The third-order valence-electron chi connectivity index (χ3n) is 17.3. The molecule has 4 aromatic rings. The maximum Gasteiger partial charge on any atom is 0.338 e. The molecule has 1 aliphatic heterocycles. The Morgan fingerprint density at radius 1 is 0.843 bits per heavy atom. The number of hydrogen-bond acceptors (Lipinski definition) is 18. The van der Waals surface area contributed by atoms with E-state index in [1.165, 1.54) is 18.2 Å². The van der Waals surface area contributed by atoms with Crippen molar-refractivity contribution in [1.29, 1.82) is 0 Å². The molecule has 1 amide bonds. The summed E-state index contributed by atoms with van der Waals surface area (Å²) in [6.45, 7) is 4.55. The van der Waals surface area contributed by atoms with Crippen LogP contribution >= 0.6 is 0 Å². The number of hydrogen-bond donors (Lipinski definition) is 8. The Hall–Kier alpha value is -5.31. The first-order valence-corrected chi connectivity index (χ1v) is 30.8. The number of ether oxygens (including phenoxy) is 5. The fourth-order valence-corrected chi connectivity index (χ4v) is 13.6. The predicted molar refractivity (Wildman–Crippen MR) is 300 cm³/mol. The summed E-state index contributed by atoms with van der Waals surface area (Å²) < 4.78 is 68.5. The van der Waals surface area contributed by atoms with E-state index in [0.717, 1.165) is 32.1 Å². The number of aryl methyl sites for hydroxylation is 3. The molecule has 1 aromatic heterocycles. The van der Waals surface area contributed by atoms with E-state index in [-0.39, 0.29) is 83.1 Å². The zero-order chi connectivity index (χ0) is 59.5. The molecule has 0 radical (unpaired) electrons. The summed E-state index contributed by atoms with van der Waals surface area (Å²) in [5, 5.41) is 77.9. The molecule has 8 N–H and O–H groups in total. The molecule has 3 saturated carbocycles. The summed E-state index contributed by atoms with van der Waals surface area (Å²) in [7, 11) is -4.58. The van der Waals surface area contributed by atoms with Crippen molar-refractivity contribution >= 4 is 50.2 Å². The summed E-state index contributed by atoms with van der Waals surface area (Å²) in [5.74, 6) is -4.72. The van der Waals surface area contributed by atoms with Crippen LogP contribution in [-0.2, 0) is 61.2 Å². The van der Waals surface area contributed by atoms with Crippen LogP contribution in [0.5, 0.6) is 0 Å². The second-order valence-corrected chi connectivity index (χ2v) is 24.6. The van der Waals surface area contributed by atoms with Crippen molar-refractivity contribution in [2.45, 2.75) is 202 Å². The molecule has 22 nitrogen and oxygen atoms in total. The summed E-state index contributed by atoms with van der Waals surface area (Å²) in [6, 6.07) is 16.1. The van der Waals surface area contributed by atoms with Crippen LogP contribution in [0.15, 0.2) is 71.8 Å². The SMILES string of the molecule is CCC1CC(C(=O)CCCCc2cn(CCCC(=O)Nc3cccc4cc(C)cc(S(=O)(=O)O)c34)nn2)CC(OC2OC(CO)C(O)C(O[C@@H](CC3CCCCC3)C(=O)O)C2OC(=O)c2ccccc2)C1OC1CC(C)C(O)C(CO)C1O. The molecule has 1 saturated heterocycles. The van der Waals surface area contributed by atoms with Crippen LogP contribution in [-0.4, -0.2) is 163 Å². The highest BCUT2D eigenvalue weighted by atomic mass is 32.2. The van der Waals surface area contributed by atoms with Gasteiger partial charge in [0.2, 0.25) is 5.91 Å². The molecule has 456 valence electrons. The second-order valence-electron chi connectivity index (χ2n) is 23.3. The molecule has 4 fully saturated rings. The number of fused-ring (bicyclic) bond motifs is 1. The number of aliphatic hydroxyl groups is 5. The number of unbranched alkanes of at least 4 members (excludes halogenated alkanes) is 1. The minimum Gasteiger partial charge on any atom is -0.479 e. The van der Waals surface area contributed by atoms with E-state index < -0.39 is 114 Å². The second kappa shape index (κ2) is 29.2. The largest absolute Gasteiger partial charge is 0.479 e. The molecule has 3 aliphatic carbocycles. The summed E-state index contributed by atoms with van der Waals surface area (Å²) in [5.41, 5.74) is 1.71. The van der Waals surface area contributed by atoms with Gasteiger partial charge in [0.1, 0.15) is 29.0 Å². The van der Waals surface area contributed by atoms with E-state index in [1.54, 1.807) is 67.2 Å². The van der Waals surface area contributed by atoms with E-state index in [0.29, 0.717) is 61.7 Å². The maximum atomic E-state index is 14.4. The summed E-state index contributed by atoms with van der Waals surface area (Å²) in [4.78, 5) is 54.1. The quantitative estimate of drug-likeness (QED) is 0.0211. The van der Waals surface area contributed by atoms with Crippen molar-refractivity contribution in [1.82, 2.24) is 15.0 Å². The lowest BCUT2D eigenvalue weighted by atomic mass is 9.73. The molecule has 0 bridgehead atoms. The van der Waals surface area contributed by atoms with E-state index in [4.69, 9.17) is 23.7 Å². The smallest absolute Gasteiger partial charge is 0.338 e. The first-order chi connectivity index (χ1) is 39.8. The predicted octanol–water partition coefficient (Wildman–Crippen LogP) is 5.75. The lowest BCUT2D eigenvalue weighted by Gasteiger charge is -2.49. The van der Waals surface area contributed by atoms with Gasteiger partial charge in [-0.1, -0.05) is 94.0 Å². The first-order valence-electron chi connectivity index (χ1n) is 29.4. The molecule has 83 heavy (non-hydrogen) atoms. The van der Waals surface area contributed by atoms with E-state index in [9.17, 15) is 62.8 Å². The Labute approximate surface area is 483 Å². The summed E-state index contributed by atoms with van der Waals surface area (Å²) in [6.07, 6.45) is -4.52.